The van der Waals surface area contributed by atoms with E-state index in [1.165, 1.54) is 21.7 Å². The zero-order valence-electron chi connectivity index (χ0n) is 20.6. The van der Waals surface area contributed by atoms with E-state index < -0.39 is 7.05 Å². The fraction of sp³-hybridized carbons (Fsp3) is 0.226. The summed E-state index contributed by atoms with van der Waals surface area (Å²) in [6.45, 7) is 11.4. The van der Waals surface area contributed by atoms with E-state index in [9.17, 15) is 0 Å². The second-order valence-electron chi connectivity index (χ2n) is 9.74. The zero-order valence-corrected chi connectivity index (χ0v) is 21.5. The summed E-state index contributed by atoms with van der Waals surface area (Å²) >= 11 is 0. The summed E-state index contributed by atoms with van der Waals surface area (Å²) in [5, 5.41) is 4.77. The fourth-order valence-corrected chi connectivity index (χ4v) is 7.69. The molecule has 1 heterocycles. The smallest absolute Gasteiger partial charge is 0.144 e. The molecule has 0 aliphatic rings. The van der Waals surface area contributed by atoms with E-state index in [2.05, 4.69) is 119 Å². The van der Waals surface area contributed by atoms with Crippen LogP contribution in [0, 0.1) is 0 Å². The predicted octanol–water partition coefficient (Wildman–Crippen LogP) is 8.95. The van der Waals surface area contributed by atoms with Crippen molar-refractivity contribution in [2.75, 3.05) is 6.66 Å². The average molecular weight is 466 g/mol. The quantitative estimate of drug-likeness (QED) is 0.238. The van der Waals surface area contributed by atoms with Crippen molar-refractivity contribution < 1.29 is 4.42 Å². The molecule has 1 atom stereocenters. The molecule has 0 amide bonds. The lowest BCUT2D eigenvalue weighted by atomic mass is 9.93. The number of fused-ring (bicyclic) bond motifs is 3. The topological polar surface area (TPSA) is 25.5 Å². The molecule has 0 saturated carbocycles. The predicted molar refractivity (Wildman–Crippen MR) is 149 cm³/mol. The monoisotopic (exact) mass is 465 g/mol. The third kappa shape index (κ3) is 3.81. The van der Waals surface area contributed by atoms with Gasteiger partial charge in [0.15, 0.2) is 0 Å². The van der Waals surface area contributed by atoms with Crippen LogP contribution in [-0.2, 0) is 0 Å². The van der Waals surface area contributed by atoms with Gasteiger partial charge in [0.1, 0.15) is 11.2 Å². The Morgan fingerprint density at radius 3 is 1.91 bits per heavy atom. The van der Waals surface area contributed by atoms with Crippen LogP contribution in [-0.4, -0.2) is 6.66 Å². The van der Waals surface area contributed by atoms with Gasteiger partial charge in [-0.05, 0) is 47.1 Å². The summed E-state index contributed by atoms with van der Waals surface area (Å²) < 4.78 is 12.3. The van der Waals surface area contributed by atoms with Gasteiger partial charge in [0.2, 0.25) is 0 Å². The number of benzene rings is 4. The van der Waals surface area contributed by atoms with Crippen LogP contribution < -0.4 is 10.6 Å². The summed E-state index contributed by atoms with van der Waals surface area (Å²) in [6.07, 6.45) is 0. The van der Waals surface area contributed by atoms with E-state index in [0.29, 0.717) is 11.8 Å². The number of hydrogen-bond donors (Lipinski definition) is 0. The molecular formula is C31H32NOP. The maximum absolute atomic E-state index is 6.51. The first-order valence-electron chi connectivity index (χ1n) is 12.1. The number of furan rings is 1. The SMILES string of the molecule is CC(C)c1cccc(C(C)C)c1N=[P@@](C)(c1ccccc1)c1cccc2c1oc1ccccc12. The van der Waals surface area contributed by atoms with Gasteiger partial charge in [0, 0.05) is 23.1 Å². The van der Waals surface area contributed by atoms with Gasteiger partial charge in [-0.2, -0.15) is 0 Å². The lowest BCUT2D eigenvalue weighted by Gasteiger charge is -2.25. The Hall–Kier alpha value is -3.09. The molecule has 2 nitrogen and oxygen atoms in total. The molecule has 0 spiro atoms. The molecule has 0 N–H and O–H groups in total. The Morgan fingerprint density at radius 2 is 1.24 bits per heavy atom. The Bertz CT molecular complexity index is 1500. The van der Waals surface area contributed by atoms with Gasteiger partial charge in [-0.1, -0.05) is 107 Å². The molecule has 0 aliphatic heterocycles. The van der Waals surface area contributed by atoms with Crippen molar-refractivity contribution in [2.24, 2.45) is 4.74 Å². The van der Waals surface area contributed by atoms with E-state index in [0.717, 1.165) is 27.6 Å². The molecule has 34 heavy (non-hydrogen) atoms. The van der Waals surface area contributed by atoms with Gasteiger partial charge in [-0.15, -0.1) is 0 Å². The van der Waals surface area contributed by atoms with Crippen LogP contribution in [0.2, 0.25) is 0 Å². The number of hydrogen-bond acceptors (Lipinski definition) is 2. The maximum Gasteiger partial charge on any atom is 0.144 e. The summed E-state index contributed by atoms with van der Waals surface area (Å²) in [6, 6.07) is 32.3. The molecule has 1 aromatic heterocycles. The van der Waals surface area contributed by atoms with Gasteiger partial charge < -0.3 is 4.42 Å². The van der Waals surface area contributed by atoms with E-state index >= 15 is 0 Å². The van der Waals surface area contributed by atoms with Crippen molar-refractivity contribution in [2.45, 2.75) is 39.5 Å². The van der Waals surface area contributed by atoms with E-state index in [4.69, 9.17) is 9.16 Å². The molecule has 3 heteroatoms. The molecule has 5 rings (SSSR count). The van der Waals surface area contributed by atoms with Gasteiger partial charge in [0.05, 0.1) is 5.69 Å². The lowest BCUT2D eigenvalue weighted by Crippen LogP contribution is -2.16. The van der Waals surface area contributed by atoms with Crippen molar-refractivity contribution in [3.8, 4) is 0 Å². The highest BCUT2D eigenvalue weighted by molar-refractivity contribution is 7.80. The highest BCUT2D eigenvalue weighted by atomic mass is 31.2. The third-order valence-corrected chi connectivity index (χ3v) is 9.95. The van der Waals surface area contributed by atoms with Crippen LogP contribution in [0.4, 0.5) is 5.69 Å². The molecule has 0 fully saturated rings. The van der Waals surface area contributed by atoms with Crippen LogP contribution in [0.5, 0.6) is 0 Å². The van der Waals surface area contributed by atoms with Crippen LogP contribution in [0.25, 0.3) is 21.9 Å². The first-order chi connectivity index (χ1) is 16.4. The van der Waals surface area contributed by atoms with Gasteiger partial charge in [0.25, 0.3) is 0 Å². The highest BCUT2D eigenvalue weighted by Crippen LogP contribution is 2.51. The average Bonchev–Trinajstić information content (AvgIpc) is 3.23. The molecule has 0 unspecified atom stereocenters. The van der Waals surface area contributed by atoms with Crippen LogP contribution >= 0.6 is 7.05 Å². The third-order valence-electron chi connectivity index (χ3n) is 6.75. The highest BCUT2D eigenvalue weighted by Gasteiger charge is 2.26. The zero-order chi connectivity index (χ0) is 23.9. The molecule has 172 valence electrons. The van der Waals surface area contributed by atoms with Crippen molar-refractivity contribution in [3.05, 3.63) is 102 Å². The first kappa shape index (κ1) is 22.7. The summed E-state index contributed by atoms with van der Waals surface area (Å²) in [5.41, 5.74) is 5.66. The standard InChI is InChI=1S/C31H32NOP/c1-21(2)24-16-11-17-25(22(3)4)30(24)32-34(5,23-13-7-6-8-14-23)29-20-12-18-27-26-15-9-10-19-28(26)33-31(27)29/h6-22H,1-5H3/t34-/m0/s1. The second-order valence-corrected chi connectivity index (χ2v) is 12.9. The Balaban J connectivity index is 1.92. The van der Waals surface area contributed by atoms with Crippen molar-refractivity contribution in [1.29, 1.82) is 0 Å². The van der Waals surface area contributed by atoms with Crippen molar-refractivity contribution >= 4 is 45.3 Å². The summed E-state index contributed by atoms with van der Waals surface area (Å²) in [5.74, 6) is 0.785. The Morgan fingerprint density at radius 1 is 0.647 bits per heavy atom. The van der Waals surface area contributed by atoms with E-state index in [1.54, 1.807) is 0 Å². The van der Waals surface area contributed by atoms with Gasteiger partial charge in [-0.3, -0.25) is 4.74 Å². The van der Waals surface area contributed by atoms with Gasteiger partial charge in [-0.25, -0.2) is 0 Å². The Labute approximate surface area is 202 Å². The molecule has 5 aromatic rings. The molecule has 0 radical (unpaired) electrons. The minimum absolute atomic E-state index is 0.392. The normalized spacial score (nSPS) is 13.6. The minimum atomic E-state index is -2.20. The fourth-order valence-electron chi connectivity index (χ4n) is 4.87. The van der Waals surface area contributed by atoms with Crippen LogP contribution in [0.3, 0.4) is 0 Å². The maximum atomic E-state index is 6.51. The van der Waals surface area contributed by atoms with Crippen LogP contribution in [0.1, 0.15) is 50.7 Å². The molecule has 0 aliphatic carbocycles. The molecule has 0 bridgehead atoms. The molecular weight excluding hydrogens is 433 g/mol. The van der Waals surface area contributed by atoms with E-state index in [-0.39, 0.29) is 0 Å². The minimum Gasteiger partial charge on any atom is -0.455 e. The van der Waals surface area contributed by atoms with Crippen LogP contribution in [0.15, 0.2) is 100 Å². The van der Waals surface area contributed by atoms with Crippen molar-refractivity contribution in [3.63, 3.8) is 0 Å². The molecule has 0 saturated heterocycles. The molecule has 4 aromatic carbocycles. The lowest BCUT2D eigenvalue weighted by molar-refractivity contribution is 0.671. The Kier molecular flexibility index (Phi) is 5.96. The second kappa shape index (κ2) is 8.93. The van der Waals surface area contributed by atoms with Crippen molar-refractivity contribution in [1.82, 2.24) is 0 Å². The van der Waals surface area contributed by atoms with E-state index in [1.807, 2.05) is 6.07 Å². The van der Waals surface area contributed by atoms with Gasteiger partial charge >= 0.3 is 0 Å². The summed E-state index contributed by atoms with van der Waals surface area (Å²) in [7, 11) is -2.20. The number of para-hydroxylation sites is 2. The number of nitrogens with zero attached hydrogens (tertiary/aromatic N) is 1. The number of rotatable bonds is 5. The largest absolute Gasteiger partial charge is 0.455 e. The first-order valence-corrected chi connectivity index (χ1v) is 14.3. The summed E-state index contributed by atoms with van der Waals surface area (Å²) in [4.78, 5) is 0.